The standard InChI is InChI=1S/C32H36N6O7/c1-32(2,3)45-30(40)37-16-23(17-37)43-28-9-5-8-24(34-28)21-7-4-6-20(14-21)15-33-13-12-22-18-38(31(41)44-22)26-11-10-25-29(35-26)36-27(39)19-42-25/h4-11,14,22-23,33H,12-13,15-19H2,1-3H3,(H,35,36,39). The van der Waals surface area contributed by atoms with E-state index in [0.29, 0.717) is 62.4 Å². The van der Waals surface area contributed by atoms with Crippen molar-refractivity contribution in [3.63, 3.8) is 0 Å². The largest absolute Gasteiger partial charge is 0.480 e. The van der Waals surface area contributed by atoms with Gasteiger partial charge in [-0.25, -0.2) is 19.6 Å². The number of anilines is 2. The highest BCUT2D eigenvalue weighted by atomic mass is 16.6. The van der Waals surface area contributed by atoms with Crippen LogP contribution >= 0.6 is 0 Å². The number of rotatable bonds is 9. The van der Waals surface area contributed by atoms with Crippen LogP contribution in [-0.4, -0.2) is 83.6 Å². The lowest BCUT2D eigenvalue weighted by Gasteiger charge is -2.39. The Morgan fingerprint density at radius 1 is 1.07 bits per heavy atom. The third-order valence-corrected chi connectivity index (χ3v) is 7.32. The van der Waals surface area contributed by atoms with Crippen LogP contribution in [0.2, 0.25) is 0 Å². The average molecular weight is 617 g/mol. The molecule has 3 aliphatic heterocycles. The summed E-state index contributed by atoms with van der Waals surface area (Å²) in [5.41, 5.74) is 2.30. The van der Waals surface area contributed by atoms with Crippen LogP contribution in [0.15, 0.2) is 54.6 Å². The van der Waals surface area contributed by atoms with E-state index in [-0.39, 0.29) is 30.8 Å². The zero-order valence-corrected chi connectivity index (χ0v) is 25.4. The van der Waals surface area contributed by atoms with Crippen LogP contribution in [-0.2, 0) is 20.8 Å². The predicted molar refractivity (Wildman–Crippen MR) is 164 cm³/mol. The van der Waals surface area contributed by atoms with Crippen molar-refractivity contribution in [2.24, 2.45) is 0 Å². The van der Waals surface area contributed by atoms with Gasteiger partial charge in [0.25, 0.3) is 5.91 Å². The fraction of sp³-hybridized carbons (Fsp3) is 0.406. The summed E-state index contributed by atoms with van der Waals surface area (Å²) in [5.74, 6) is 1.38. The SMILES string of the molecule is CC(C)(C)OC(=O)N1CC(Oc2cccc(-c3cccc(CNCCC4CN(c5ccc6c(n5)NC(=O)CO6)C(=O)O4)c3)n2)C1. The highest BCUT2D eigenvalue weighted by Crippen LogP contribution is 2.30. The third kappa shape index (κ3) is 7.43. The Labute approximate surface area is 260 Å². The Bertz CT molecular complexity index is 1590. The van der Waals surface area contributed by atoms with Crippen molar-refractivity contribution in [2.45, 2.75) is 51.5 Å². The lowest BCUT2D eigenvalue weighted by molar-refractivity contribution is -0.118. The number of benzene rings is 1. The second kappa shape index (κ2) is 12.6. The molecule has 3 aliphatic rings. The molecule has 13 nitrogen and oxygen atoms in total. The van der Waals surface area contributed by atoms with Gasteiger partial charge in [-0.3, -0.25) is 9.69 Å². The van der Waals surface area contributed by atoms with Gasteiger partial charge in [-0.1, -0.05) is 24.3 Å². The van der Waals surface area contributed by atoms with Gasteiger partial charge in [0.1, 0.15) is 23.6 Å². The number of nitrogens with one attached hydrogen (secondary N) is 2. The number of hydrogen-bond donors (Lipinski definition) is 2. The molecular weight excluding hydrogens is 580 g/mol. The maximum Gasteiger partial charge on any atom is 0.415 e. The van der Waals surface area contributed by atoms with Crippen molar-refractivity contribution >= 4 is 29.7 Å². The first-order chi connectivity index (χ1) is 21.6. The number of aromatic nitrogens is 2. The van der Waals surface area contributed by atoms with Crippen LogP contribution in [0.4, 0.5) is 21.2 Å². The first-order valence-corrected chi connectivity index (χ1v) is 14.9. The molecule has 2 N–H and O–H groups in total. The summed E-state index contributed by atoms with van der Waals surface area (Å²) in [5, 5.41) is 6.08. The van der Waals surface area contributed by atoms with E-state index in [1.807, 2.05) is 57.2 Å². The molecule has 45 heavy (non-hydrogen) atoms. The van der Waals surface area contributed by atoms with Crippen molar-refractivity contribution in [2.75, 3.05) is 43.0 Å². The Morgan fingerprint density at radius 3 is 2.71 bits per heavy atom. The first kappa shape index (κ1) is 30.1. The lowest BCUT2D eigenvalue weighted by atomic mass is 10.1. The van der Waals surface area contributed by atoms with Gasteiger partial charge in [-0.05, 0) is 63.6 Å². The molecule has 2 aromatic heterocycles. The topological polar surface area (TPSA) is 144 Å². The fourth-order valence-corrected chi connectivity index (χ4v) is 5.10. The molecule has 0 radical (unpaired) electrons. The second-order valence-corrected chi connectivity index (χ2v) is 12.1. The minimum Gasteiger partial charge on any atom is -0.480 e. The summed E-state index contributed by atoms with van der Waals surface area (Å²) in [6, 6.07) is 17.1. The molecule has 2 saturated heterocycles. The van der Waals surface area contributed by atoms with Gasteiger partial charge in [-0.15, -0.1) is 0 Å². The number of amides is 3. The minimum atomic E-state index is -0.532. The van der Waals surface area contributed by atoms with Gasteiger partial charge in [0.05, 0.1) is 25.3 Å². The van der Waals surface area contributed by atoms with Crippen LogP contribution in [0.25, 0.3) is 11.3 Å². The van der Waals surface area contributed by atoms with Crippen molar-refractivity contribution in [1.29, 1.82) is 0 Å². The van der Waals surface area contributed by atoms with Gasteiger partial charge in [-0.2, -0.15) is 0 Å². The third-order valence-electron chi connectivity index (χ3n) is 7.32. The van der Waals surface area contributed by atoms with Crippen LogP contribution in [0.5, 0.6) is 11.6 Å². The highest BCUT2D eigenvalue weighted by molar-refractivity contribution is 5.95. The quantitative estimate of drug-likeness (QED) is 0.339. The van der Waals surface area contributed by atoms with Crippen LogP contribution in [0.1, 0.15) is 32.8 Å². The van der Waals surface area contributed by atoms with Crippen LogP contribution < -0.4 is 25.0 Å². The smallest absolute Gasteiger partial charge is 0.415 e. The Hall–Kier alpha value is -4.91. The number of likely N-dealkylation sites (tertiary alicyclic amines) is 1. The molecule has 2 fully saturated rings. The Morgan fingerprint density at radius 2 is 1.89 bits per heavy atom. The second-order valence-electron chi connectivity index (χ2n) is 12.1. The normalized spacial score (nSPS) is 18.0. The molecule has 5 heterocycles. The molecule has 1 atom stereocenters. The number of carbonyl (C=O) groups excluding carboxylic acids is 3. The molecule has 3 aromatic rings. The number of ether oxygens (including phenoxy) is 4. The minimum absolute atomic E-state index is 0.0580. The summed E-state index contributed by atoms with van der Waals surface area (Å²) in [4.78, 5) is 48.5. The van der Waals surface area contributed by atoms with E-state index < -0.39 is 11.7 Å². The number of hydrogen-bond acceptors (Lipinski definition) is 10. The van der Waals surface area contributed by atoms with Gasteiger partial charge >= 0.3 is 12.2 Å². The van der Waals surface area contributed by atoms with Crippen molar-refractivity contribution in [1.82, 2.24) is 20.2 Å². The molecule has 0 aliphatic carbocycles. The van der Waals surface area contributed by atoms with Gasteiger partial charge in [0.2, 0.25) is 5.88 Å². The summed E-state index contributed by atoms with van der Waals surface area (Å²) in [7, 11) is 0. The van der Waals surface area contributed by atoms with Gasteiger partial charge < -0.3 is 34.5 Å². The monoisotopic (exact) mass is 616 g/mol. The number of nitrogens with zero attached hydrogens (tertiary/aromatic N) is 4. The highest BCUT2D eigenvalue weighted by Gasteiger charge is 2.36. The molecule has 0 spiro atoms. The van der Waals surface area contributed by atoms with Crippen LogP contribution in [0.3, 0.4) is 0 Å². The van der Waals surface area contributed by atoms with E-state index in [4.69, 9.17) is 18.9 Å². The molecule has 3 amide bonds. The zero-order chi connectivity index (χ0) is 31.6. The Kier molecular flexibility index (Phi) is 8.44. The summed E-state index contributed by atoms with van der Waals surface area (Å²) < 4.78 is 22.3. The maximum atomic E-state index is 12.5. The lowest BCUT2D eigenvalue weighted by Crippen LogP contribution is -2.57. The number of carbonyl (C=O) groups is 3. The molecule has 6 rings (SSSR count). The number of pyridine rings is 2. The summed E-state index contributed by atoms with van der Waals surface area (Å²) >= 11 is 0. The number of cyclic esters (lactones) is 1. The molecule has 13 heteroatoms. The first-order valence-electron chi connectivity index (χ1n) is 14.9. The van der Waals surface area contributed by atoms with Crippen LogP contribution in [0, 0.1) is 0 Å². The molecule has 236 valence electrons. The van der Waals surface area contributed by atoms with Crippen molar-refractivity contribution in [3.05, 3.63) is 60.2 Å². The summed E-state index contributed by atoms with van der Waals surface area (Å²) in [6.45, 7) is 8.02. The molecule has 1 aromatic carbocycles. The van der Waals surface area contributed by atoms with E-state index >= 15 is 0 Å². The Balaban J connectivity index is 0.965. The number of fused-ring (bicyclic) bond motifs is 1. The molecule has 0 bridgehead atoms. The van der Waals surface area contributed by atoms with Crippen molar-refractivity contribution in [3.8, 4) is 22.9 Å². The average Bonchev–Trinajstić information content (AvgIpc) is 3.36. The van der Waals surface area contributed by atoms with E-state index in [9.17, 15) is 14.4 Å². The fourth-order valence-electron chi connectivity index (χ4n) is 5.10. The van der Waals surface area contributed by atoms with Crippen molar-refractivity contribution < 1.29 is 33.3 Å². The molecule has 0 saturated carbocycles. The van der Waals surface area contributed by atoms with E-state index in [1.165, 1.54) is 4.90 Å². The van der Waals surface area contributed by atoms with E-state index in [1.54, 1.807) is 17.0 Å². The maximum absolute atomic E-state index is 12.5. The predicted octanol–water partition coefficient (Wildman–Crippen LogP) is 3.98. The van der Waals surface area contributed by atoms with Gasteiger partial charge in [0.15, 0.2) is 18.2 Å². The van der Waals surface area contributed by atoms with E-state index in [0.717, 1.165) is 16.8 Å². The summed E-state index contributed by atoms with van der Waals surface area (Å²) in [6.07, 6.45) is -0.608. The molecular formula is C32H36N6O7. The zero-order valence-electron chi connectivity index (χ0n) is 25.4. The van der Waals surface area contributed by atoms with Gasteiger partial charge in [0, 0.05) is 18.2 Å². The molecule has 1 unspecified atom stereocenters. The van der Waals surface area contributed by atoms with E-state index in [2.05, 4.69) is 26.7 Å².